The molecule has 0 saturated heterocycles. The second kappa shape index (κ2) is 8.47. The fraction of sp³-hybridized carbons (Fsp3) is 0.259. The highest BCUT2D eigenvalue weighted by molar-refractivity contribution is 5.90. The Kier molecular flexibility index (Phi) is 5.71. The maximum absolute atomic E-state index is 14.6. The molecule has 3 aromatic carbocycles. The molecule has 1 unspecified atom stereocenters. The summed E-state index contributed by atoms with van der Waals surface area (Å²) in [7, 11) is 0. The van der Waals surface area contributed by atoms with Gasteiger partial charge in [-0.15, -0.1) is 0 Å². The zero-order valence-electron chi connectivity index (χ0n) is 18.4. The number of carbonyl (C=O) groups is 1. The summed E-state index contributed by atoms with van der Waals surface area (Å²) < 4.78 is 19.8. The van der Waals surface area contributed by atoms with Crippen LogP contribution < -0.4 is 5.32 Å². The van der Waals surface area contributed by atoms with Gasteiger partial charge in [0.15, 0.2) is 0 Å². The summed E-state index contributed by atoms with van der Waals surface area (Å²) in [5.74, 6) is -0.629. The van der Waals surface area contributed by atoms with Gasteiger partial charge in [0, 0.05) is 5.69 Å². The van der Waals surface area contributed by atoms with Gasteiger partial charge in [-0.3, -0.25) is 0 Å². The van der Waals surface area contributed by atoms with E-state index in [-0.39, 0.29) is 23.2 Å². The lowest BCUT2D eigenvalue weighted by atomic mass is 9.72. The van der Waals surface area contributed by atoms with E-state index in [1.165, 1.54) is 6.07 Å². The fourth-order valence-electron chi connectivity index (χ4n) is 4.38. The minimum atomic E-state index is -0.326. The first kappa shape index (κ1) is 21.6. The van der Waals surface area contributed by atoms with E-state index in [0.717, 1.165) is 34.4 Å². The number of nitrogens with zero attached hydrogens (tertiary/aromatic N) is 1. The molecule has 1 heterocycles. The number of anilines is 1. The largest absolute Gasteiger partial charge is 0.462 e. The van der Waals surface area contributed by atoms with Crippen LogP contribution in [0.1, 0.15) is 53.9 Å². The first-order valence-corrected chi connectivity index (χ1v) is 10.7. The number of rotatable bonds is 4. The van der Waals surface area contributed by atoms with Crippen molar-refractivity contribution < 1.29 is 13.9 Å². The van der Waals surface area contributed by atoms with Crippen LogP contribution in [0, 0.1) is 22.6 Å². The average molecular weight is 429 g/mol. The third kappa shape index (κ3) is 4.22. The van der Waals surface area contributed by atoms with E-state index in [0.29, 0.717) is 17.7 Å². The Labute approximate surface area is 187 Å². The van der Waals surface area contributed by atoms with Crippen LogP contribution in [0.15, 0.2) is 60.7 Å². The predicted molar refractivity (Wildman–Crippen MR) is 123 cm³/mol. The summed E-state index contributed by atoms with van der Waals surface area (Å²) in [5.41, 5.74) is 5.34. The molecule has 1 aliphatic heterocycles. The van der Waals surface area contributed by atoms with Crippen LogP contribution in [0.5, 0.6) is 0 Å². The van der Waals surface area contributed by atoms with Crippen molar-refractivity contribution in [1.82, 2.24) is 0 Å². The third-order valence-electron chi connectivity index (χ3n) is 5.94. The number of esters is 1. The van der Waals surface area contributed by atoms with Gasteiger partial charge in [-0.2, -0.15) is 5.26 Å². The van der Waals surface area contributed by atoms with Gasteiger partial charge in [0.2, 0.25) is 0 Å². The van der Waals surface area contributed by atoms with Gasteiger partial charge in [0.05, 0.1) is 29.8 Å². The van der Waals surface area contributed by atoms with Crippen molar-refractivity contribution in [1.29, 1.82) is 5.26 Å². The number of fused-ring (bicyclic) bond motifs is 1. The van der Waals surface area contributed by atoms with Crippen LogP contribution in [0.25, 0.3) is 11.1 Å². The molecule has 0 radical (unpaired) electrons. The smallest absolute Gasteiger partial charge is 0.338 e. The number of ether oxygens (including phenoxy) is 1. The SMILES string of the molecule is CCOC(=O)c1ccc2c(c1)CC(C)(C)C(c1cc(F)cc(-c3ccc(C#N)cc3)c1)N2. The van der Waals surface area contributed by atoms with E-state index in [4.69, 9.17) is 10.00 Å². The molecule has 0 aliphatic carbocycles. The van der Waals surface area contributed by atoms with Crippen molar-refractivity contribution in [2.75, 3.05) is 11.9 Å². The summed E-state index contributed by atoms with van der Waals surface area (Å²) in [6.45, 7) is 6.40. The van der Waals surface area contributed by atoms with Crippen molar-refractivity contribution in [3.8, 4) is 17.2 Å². The molecule has 162 valence electrons. The van der Waals surface area contributed by atoms with Crippen molar-refractivity contribution in [3.05, 3.63) is 88.7 Å². The van der Waals surface area contributed by atoms with Crippen LogP contribution >= 0.6 is 0 Å². The highest BCUT2D eigenvalue weighted by atomic mass is 19.1. The summed E-state index contributed by atoms with van der Waals surface area (Å²) >= 11 is 0. The minimum absolute atomic E-state index is 0.115. The van der Waals surface area contributed by atoms with Gasteiger partial charge in [-0.05, 0) is 89.5 Å². The topological polar surface area (TPSA) is 62.1 Å². The normalized spacial score (nSPS) is 16.4. The van der Waals surface area contributed by atoms with Crippen molar-refractivity contribution in [3.63, 3.8) is 0 Å². The molecule has 4 nitrogen and oxygen atoms in total. The molecular weight excluding hydrogens is 403 g/mol. The van der Waals surface area contributed by atoms with E-state index in [2.05, 4.69) is 25.2 Å². The van der Waals surface area contributed by atoms with Gasteiger partial charge in [-0.25, -0.2) is 9.18 Å². The quantitative estimate of drug-likeness (QED) is 0.497. The maximum atomic E-state index is 14.6. The number of benzene rings is 3. The van der Waals surface area contributed by atoms with Gasteiger partial charge in [0.25, 0.3) is 0 Å². The Hall–Kier alpha value is -3.65. The van der Waals surface area contributed by atoms with Crippen LogP contribution in [0.2, 0.25) is 0 Å². The van der Waals surface area contributed by atoms with E-state index in [1.54, 1.807) is 31.2 Å². The lowest BCUT2D eigenvalue weighted by Crippen LogP contribution is -2.35. The highest BCUT2D eigenvalue weighted by Crippen LogP contribution is 2.45. The Bertz CT molecular complexity index is 1210. The lowest BCUT2D eigenvalue weighted by molar-refractivity contribution is 0.0526. The third-order valence-corrected chi connectivity index (χ3v) is 5.94. The van der Waals surface area contributed by atoms with E-state index < -0.39 is 0 Å². The molecule has 0 aromatic heterocycles. The standard InChI is InChI=1S/C27H25FN2O2/c1-4-32-26(31)19-9-10-24-22(11-19)15-27(2,3)25(30-24)21-12-20(13-23(28)14-21)18-7-5-17(16-29)6-8-18/h5-14,25,30H,4,15H2,1-3H3. The molecule has 0 bridgehead atoms. The molecule has 32 heavy (non-hydrogen) atoms. The molecule has 1 N–H and O–H groups in total. The molecular formula is C27H25FN2O2. The Morgan fingerprint density at radius 2 is 1.88 bits per heavy atom. The number of hydrogen-bond donors (Lipinski definition) is 1. The molecule has 0 amide bonds. The molecule has 3 aromatic rings. The Morgan fingerprint density at radius 3 is 2.56 bits per heavy atom. The summed E-state index contributed by atoms with van der Waals surface area (Å²) in [6.07, 6.45) is 0.732. The van der Waals surface area contributed by atoms with Crippen LogP contribution in [-0.2, 0) is 11.2 Å². The van der Waals surface area contributed by atoms with Gasteiger partial charge >= 0.3 is 5.97 Å². The van der Waals surface area contributed by atoms with Gasteiger partial charge < -0.3 is 10.1 Å². The summed E-state index contributed by atoms with van der Waals surface area (Å²) in [5, 5.41) is 12.6. The Morgan fingerprint density at radius 1 is 1.12 bits per heavy atom. The first-order valence-electron chi connectivity index (χ1n) is 10.7. The summed E-state index contributed by atoms with van der Waals surface area (Å²) in [4.78, 5) is 12.1. The Balaban J connectivity index is 1.69. The molecule has 5 heteroatoms. The van der Waals surface area contributed by atoms with Crippen LogP contribution in [0.3, 0.4) is 0 Å². The predicted octanol–water partition coefficient (Wildman–Crippen LogP) is 6.28. The molecule has 1 atom stereocenters. The number of nitriles is 1. The molecule has 1 aliphatic rings. The second-order valence-electron chi connectivity index (χ2n) is 8.80. The number of carbonyl (C=O) groups excluding carboxylic acids is 1. The molecule has 4 rings (SSSR count). The van der Waals surface area contributed by atoms with E-state index in [9.17, 15) is 9.18 Å². The average Bonchev–Trinajstić information content (AvgIpc) is 2.77. The molecule has 0 saturated carbocycles. The minimum Gasteiger partial charge on any atom is -0.462 e. The second-order valence-corrected chi connectivity index (χ2v) is 8.80. The first-order chi connectivity index (χ1) is 15.3. The monoisotopic (exact) mass is 428 g/mol. The fourth-order valence-corrected chi connectivity index (χ4v) is 4.38. The van der Waals surface area contributed by atoms with Crippen molar-refractivity contribution >= 4 is 11.7 Å². The van der Waals surface area contributed by atoms with Gasteiger partial charge in [0.1, 0.15) is 5.82 Å². The number of hydrogen-bond acceptors (Lipinski definition) is 4. The van der Waals surface area contributed by atoms with Crippen molar-refractivity contribution in [2.45, 2.75) is 33.2 Å². The van der Waals surface area contributed by atoms with E-state index in [1.807, 2.05) is 30.3 Å². The molecule has 0 spiro atoms. The van der Waals surface area contributed by atoms with E-state index >= 15 is 0 Å². The zero-order valence-corrected chi connectivity index (χ0v) is 18.4. The lowest BCUT2D eigenvalue weighted by Gasteiger charge is -2.41. The highest BCUT2D eigenvalue weighted by Gasteiger charge is 2.36. The number of nitrogens with one attached hydrogen (secondary N) is 1. The summed E-state index contributed by atoms with van der Waals surface area (Å²) in [6, 6.07) is 19.8. The van der Waals surface area contributed by atoms with Crippen LogP contribution in [0.4, 0.5) is 10.1 Å². The maximum Gasteiger partial charge on any atom is 0.338 e. The van der Waals surface area contributed by atoms with Crippen molar-refractivity contribution in [2.24, 2.45) is 5.41 Å². The number of halogens is 1. The molecule has 0 fully saturated rings. The van der Waals surface area contributed by atoms with Gasteiger partial charge in [-0.1, -0.05) is 26.0 Å². The van der Waals surface area contributed by atoms with Crippen LogP contribution in [-0.4, -0.2) is 12.6 Å². The zero-order chi connectivity index (χ0) is 22.9.